The van der Waals surface area contributed by atoms with Crippen molar-refractivity contribution in [3.05, 3.63) is 63.8 Å². The summed E-state index contributed by atoms with van der Waals surface area (Å²) in [6, 6.07) is 13.1. The van der Waals surface area contributed by atoms with Gasteiger partial charge in [0.1, 0.15) is 0 Å². The number of rotatable bonds is 2. The van der Waals surface area contributed by atoms with Gasteiger partial charge in [0.05, 0.1) is 22.7 Å². The van der Waals surface area contributed by atoms with Gasteiger partial charge in [0.15, 0.2) is 5.78 Å². The maximum atomic E-state index is 13.9. The van der Waals surface area contributed by atoms with Crippen LogP contribution in [0.5, 0.6) is 0 Å². The van der Waals surface area contributed by atoms with Crippen molar-refractivity contribution < 1.29 is 4.79 Å². The molecule has 0 radical (unpaired) electrons. The van der Waals surface area contributed by atoms with Crippen LogP contribution < -0.4 is 4.90 Å². The standard InChI is InChI=1S/C30H34N4O/c1-19-15-23-24(17-25(19)34-13-9-21(10-14-34)33-11-5-6-12-33)30(2,3)29-27(28(23)35)22-8-7-20(18-31)16-26(22)32(29)4/h7-8,15-17,21H,5-6,9-14H2,1-4H3. The van der Waals surface area contributed by atoms with Gasteiger partial charge in [0.2, 0.25) is 0 Å². The van der Waals surface area contributed by atoms with E-state index in [1.807, 2.05) is 25.2 Å². The molecule has 6 rings (SSSR count). The number of aryl methyl sites for hydroxylation is 2. The predicted octanol–water partition coefficient (Wildman–Crippen LogP) is 5.29. The van der Waals surface area contributed by atoms with Crippen LogP contribution in [0, 0.1) is 18.3 Å². The third kappa shape index (κ3) is 3.27. The lowest BCUT2D eigenvalue weighted by atomic mass is 9.70. The monoisotopic (exact) mass is 466 g/mol. The second-order valence-corrected chi connectivity index (χ2v) is 11.2. The summed E-state index contributed by atoms with van der Waals surface area (Å²) in [7, 11) is 2.03. The van der Waals surface area contributed by atoms with Gasteiger partial charge in [-0.25, -0.2) is 0 Å². The third-order valence-electron chi connectivity index (χ3n) is 8.87. The van der Waals surface area contributed by atoms with Crippen LogP contribution in [0.2, 0.25) is 0 Å². The summed E-state index contributed by atoms with van der Waals surface area (Å²) < 4.78 is 2.13. The molecule has 3 aromatic rings. The third-order valence-corrected chi connectivity index (χ3v) is 8.87. The van der Waals surface area contributed by atoms with Crippen molar-refractivity contribution in [2.75, 3.05) is 31.1 Å². The van der Waals surface area contributed by atoms with Gasteiger partial charge in [0.25, 0.3) is 0 Å². The number of fused-ring (bicyclic) bond motifs is 4. The molecule has 0 bridgehead atoms. The molecule has 35 heavy (non-hydrogen) atoms. The van der Waals surface area contributed by atoms with Gasteiger partial charge in [-0.05, 0) is 81.1 Å². The van der Waals surface area contributed by atoms with E-state index in [9.17, 15) is 10.1 Å². The Labute approximate surface area is 207 Å². The second kappa shape index (κ2) is 7.96. The second-order valence-electron chi connectivity index (χ2n) is 11.2. The molecule has 2 aliphatic heterocycles. The number of anilines is 1. The number of aromatic nitrogens is 1. The van der Waals surface area contributed by atoms with Crippen LogP contribution in [0.1, 0.15) is 77.8 Å². The van der Waals surface area contributed by atoms with E-state index in [4.69, 9.17) is 0 Å². The summed E-state index contributed by atoms with van der Waals surface area (Å²) in [6.45, 7) is 11.3. The molecule has 0 atom stereocenters. The highest BCUT2D eigenvalue weighted by Gasteiger charge is 2.42. The number of benzene rings is 2. The molecule has 3 heterocycles. The Morgan fingerprint density at radius 1 is 1.03 bits per heavy atom. The summed E-state index contributed by atoms with van der Waals surface area (Å²) in [5.74, 6) is 0.104. The first-order valence-corrected chi connectivity index (χ1v) is 13.0. The van der Waals surface area contributed by atoms with E-state index in [1.165, 1.54) is 50.0 Å². The average Bonchev–Trinajstić information content (AvgIpc) is 3.50. The molecule has 180 valence electrons. The van der Waals surface area contributed by atoms with E-state index in [1.54, 1.807) is 0 Å². The first-order valence-electron chi connectivity index (χ1n) is 13.0. The van der Waals surface area contributed by atoms with E-state index < -0.39 is 0 Å². The van der Waals surface area contributed by atoms with Crippen molar-refractivity contribution in [3.8, 4) is 6.07 Å². The number of carbonyl (C=O) groups is 1. The van der Waals surface area contributed by atoms with Crippen molar-refractivity contribution in [3.63, 3.8) is 0 Å². The van der Waals surface area contributed by atoms with Crippen molar-refractivity contribution >= 4 is 22.4 Å². The molecule has 0 unspecified atom stereocenters. The number of hydrogen-bond donors (Lipinski definition) is 0. The van der Waals surface area contributed by atoms with E-state index >= 15 is 0 Å². The lowest BCUT2D eigenvalue weighted by molar-refractivity contribution is 0.103. The minimum atomic E-state index is -0.324. The molecule has 0 N–H and O–H groups in total. The zero-order valence-electron chi connectivity index (χ0n) is 21.3. The Morgan fingerprint density at radius 2 is 1.74 bits per heavy atom. The molecular formula is C30H34N4O. The number of likely N-dealkylation sites (tertiary alicyclic amines) is 1. The number of nitriles is 1. The fourth-order valence-corrected chi connectivity index (χ4v) is 7.05. The number of nitrogens with zero attached hydrogens (tertiary/aromatic N) is 4. The van der Waals surface area contributed by atoms with Gasteiger partial charge in [0, 0.05) is 53.9 Å². The lowest BCUT2D eigenvalue weighted by Crippen LogP contribution is -2.44. The number of piperidine rings is 1. The van der Waals surface area contributed by atoms with Gasteiger partial charge < -0.3 is 14.4 Å². The highest BCUT2D eigenvalue weighted by Crippen LogP contribution is 2.47. The molecule has 0 saturated carbocycles. The topological polar surface area (TPSA) is 52.3 Å². The summed E-state index contributed by atoms with van der Waals surface area (Å²) in [5.41, 5.74) is 7.48. The minimum absolute atomic E-state index is 0.104. The zero-order chi connectivity index (χ0) is 24.5. The van der Waals surface area contributed by atoms with Crippen LogP contribution in [-0.4, -0.2) is 47.5 Å². The lowest BCUT2D eigenvalue weighted by Gasteiger charge is -2.40. The Morgan fingerprint density at radius 3 is 2.43 bits per heavy atom. The van der Waals surface area contributed by atoms with Crippen molar-refractivity contribution in [1.29, 1.82) is 5.26 Å². The Hall–Kier alpha value is -3.10. The molecule has 5 nitrogen and oxygen atoms in total. The van der Waals surface area contributed by atoms with Crippen LogP contribution in [0.4, 0.5) is 5.69 Å². The first-order chi connectivity index (χ1) is 16.8. The van der Waals surface area contributed by atoms with Gasteiger partial charge in [-0.2, -0.15) is 5.26 Å². The first kappa shape index (κ1) is 22.4. The van der Waals surface area contributed by atoms with Crippen LogP contribution in [-0.2, 0) is 12.5 Å². The minimum Gasteiger partial charge on any atom is -0.371 e. The average molecular weight is 467 g/mol. The van der Waals surface area contributed by atoms with E-state index in [0.717, 1.165) is 52.4 Å². The molecule has 1 aromatic heterocycles. The summed E-state index contributed by atoms with van der Waals surface area (Å²) in [5, 5.41) is 10.4. The molecule has 5 heteroatoms. The fourth-order valence-electron chi connectivity index (χ4n) is 7.05. The molecule has 2 aromatic carbocycles. The quantitative estimate of drug-likeness (QED) is 0.515. The normalized spacial score (nSPS) is 20.2. The number of hydrogen-bond acceptors (Lipinski definition) is 4. The van der Waals surface area contributed by atoms with Crippen molar-refractivity contribution in [2.24, 2.45) is 7.05 Å². The van der Waals surface area contributed by atoms with Crippen LogP contribution in [0.3, 0.4) is 0 Å². The summed E-state index contributed by atoms with van der Waals surface area (Å²) >= 11 is 0. The Kier molecular flexibility index (Phi) is 5.09. The fraction of sp³-hybridized carbons (Fsp3) is 0.467. The molecule has 2 fully saturated rings. The van der Waals surface area contributed by atoms with Gasteiger partial charge in [-0.15, -0.1) is 0 Å². The Balaban J connectivity index is 1.41. The molecule has 2 saturated heterocycles. The van der Waals surface area contributed by atoms with Gasteiger partial charge >= 0.3 is 0 Å². The maximum absolute atomic E-state index is 13.9. The molecule has 0 spiro atoms. The van der Waals surface area contributed by atoms with Crippen molar-refractivity contribution in [2.45, 2.75) is 57.9 Å². The van der Waals surface area contributed by atoms with E-state index in [2.05, 4.69) is 53.3 Å². The molecule has 1 aliphatic carbocycles. The largest absolute Gasteiger partial charge is 0.371 e. The molecule has 0 amide bonds. The number of carbonyl (C=O) groups excluding carboxylic acids is 1. The highest BCUT2D eigenvalue weighted by atomic mass is 16.1. The van der Waals surface area contributed by atoms with Crippen LogP contribution in [0.15, 0.2) is 30.3 Å². The smallest absolute Gasteiger partial charge is 0.195 e. The van der Waals surface area contributed by atoms with E-state index in [0.29, 0.717) is 5.56 Å². The van der Waals surface area contributed by atoms with Gasteiger partial charge in [-0.1, -0.05) is 19.9 Å². The molecule has 3 aliphatic rings. The molecular weight excluding hydrogens is 432 g/mol. The zero-order valence-corrected chi connectivity index (χ0v) is 21.3. The van der Waals surface area contributed by atoms with Crippen LogP contribution in [0.25, 0.3) is 10.9 Å². The van der Waals surface area contributed by atoms with Crippen LogP contribution >= 0.6 is 0 Å². The highest BCUT2D eigenvalue weighted by molar-refractivity contribution is 6.20. The SMILES string of the molecule is Cc1cc2c(cc1N1CCC(N3CCCC3)CC1)C(C)(C)c1c(c3ccc(C#N)cc3n1C)C2=O. The summed E-state index contributed by atoms with van der Waals surface area (Å²) in [6.07, 6.45) is 5.13. The number of ketones is 1. The van der Waals surface area contributed by atoms with Crippen molar-refractivity contribution in [1.82, 2.24) is 9.47 Å². The van der Waals surface area contributed by atoms with E-state index in [-0.39, 0.29) is 11.2 Å². The van der Waals surface area contributed by atoms with Gasteiger partial charge in [-0.3, -0.25) is 4.79 Å². The predicted molar refractivity (Wildman–Crippen MR) is 140 cm³/mol. The Bertz CT molecular complexity index is 1390. The maximum Gasteiger partial charge on any atom is 0.195 e. The summed E-state index contributed by atoms with van der Waals surface area (Å²) in [4.78, 5) is 19.1.